The third-order valence-electron chi connectivity index (χ3n) is 3.40. The Morgan fingerprint density at radius 2 is 2.00 bits per heavy atom. The first-order valence-electron chi connectivity index (χ1n) is 6.51. The number of ether oxygens (including phenoxy) is 1. The van der Waals surface area contributed by atoms with E-state index in [1.807, 2.05) is 18.2 Å². The molecule has 0 saturated carbocycles. The lowest BCUT2D eigenvalue weighted by Gasteiger charge is -2.15. The van der Waals surface area contributed by atoms with Crippen LogP contribution in [0.2, 0.25) is 0 Å². The third-order valence-corrected chi connectivity index (χ3v) is 4.59. The number of rotatable bonds is 4. The van der Waals surface area contributed by atoms with E-state index < -0.39 is 5.82 Å². The molecule has 0 radical (unpaired) electrons. The number of hydrazine groups is 1. The maximum Gasteiger partial charge on any atom is 0.165 e. The van der Waals surface area contributed by atoms with Gasteiger partial charge in [0.1, 0.15) is 0 Å². The van der Waals surface area contributed by atoms with Gasteiger partial charge in [-0.1, -0.05) is 24.3 Å². The van der Waals surface area contributed by atoms with E-state index in [9.17, 15) is 4.39 Å². The van der Waals surface area contributed by atoms with Crippen molar-refractivity contribution >= 4 is 21.4 Å². The molecule has 0 aliphatic rings. The average molecular weight is 302 g/mol. The zero-order chi connectivity index (χ0) is 14.8. The van der Waals surface area contributed by atoms with Crippen molar-refractivity contribution in [3.8, 4) is 5.75 Å². The highest BCUT2D eigenvalue weighted by atomic mass is 32.1. The first kappa shape index (κ1) is 14.0. The van der Waals surface area contributed by atoms with Gasteiger partial charge < -0.3 is 4.74 Å². The molecule has 0 fully saturated rings. The van der Waals surface area contributed by atoms with E-state index >= 15 is 0 Å². The number of hydrogen-bond acceptors (Lipinski definition) is 4. The van der Waals surface area contributed by atoms with Crippen LogP contribution in [0.1, 0.15) is 16.5 Å². The number of fused-ring (bicyclic) bond motifs is 1. The van der Waals surface area contributed by atoms with Gasteiger partial charge in [-0.05, 0) is 35.2 Å². The molecule has 21 heavy (non-hydrogen) atoms. The summed E-state index contributed by atoms with van der Waals surface area (Å²) in [6, 6.07) is 14.8. The molecule has 3 aromatic rings. The van der Waals surface area contributed by atoms with Crippen LogP contribution >= 0.6 is 11.3 Å². The summed E-state index contributed by atoms with van der Waals surface area (Å²) in [4.78, 5) is 1.04. The molecule has 3 rings (SSSR count). The van der Waals surface area contributed by atoms with E-state index in [1.165, 1.54) is 17.9 Å². The second-order valence-electron chi connectivity index (χ2n) is 4.68. The maximum atomic E-state index is 13.9. The summed E-state index contributed by atoms with van der Waals surface area (Å²) in [7, 11) is 1.45. The fourth-order valence-electron chi connectivity index (χ4n) is 2.35. The van der Waals surface area contributed by atoms with Crippen LogP contribution in [-0.2, 0) is 0 Å². The van der Waals surface area contributed by atoms with Crippen molar-refractivity contribution < 1.29 is 9.13 Å². The summed E-state index contributed by atoms with van der Waals surface area (Å²) in [5.74, 6) is 5.52. The molecule has 1 unspecified atom stereocenters. The van der Waals surface area contributed by atoms with Crippen LogP contribution in [0.25, 0.3) is 10.1 Å². The molecule has 0 aliphatic heterocycles. The zero-order valence-corrected chi connectivity index (χ0v) is 12.3. The average Bonchev–Trinajstić information content (AvgIpc) is 2.91. The summed E-state index contributed by atoms with van der Waals surface area (Å²) < 4.78 is 20.0. The smallest absolute Gasteiger partial charge is 0.165 e. The molecule has 3 N–H and O–H groups in total. The second-order valence-corrected chi connectivity index (χ2v) is 5.80. The number of halogens is 1. The van der Waals surface area contributed by atoms with Gasteiger partial charge in [0, 0.05) is 9.58 Å². The highest BCUT2D eigenvalue weighted by molar-refractivity contribution is 7.19. The van der Waals surface area contributed by atoms with Crippen LogP contribution < -0.4 is 16.0 Å². The Morgan fingerprint density at radius 3 is 2.67 bits per heavy atom. The lowest BCUT2D eigenvalue weighted by molar-refractivity contribution is 0.386. The van der Waals surface area contributed by atoms with Gasteiger partial charge in [0.05, 0.1) is 13.2 Å². The number of nitrogens with two attached hydrogens (primary N) is 1. The normalized spacial score (nSPS) is 12.5. The van der Waals surface area contributed by atoms with Crippen molar-refractivity contribution in [2.24, 2.45) is 5.84 Å². The Bertz CT molecular complexity index is 739. The molecule has 1 aromatic heterocycles. The summed E-state index contributed by atoms with van der Waals surface area (Å²) in [6.07, 6.45) is 0. The number of hydrogen-bond donors (Lipinski definition) is 2. The van der Waals surface area contributed by atoms with Crippen LogP contribution in [0.5, 0.6) is 5.75 Å². The highest BCUT2D eigenvalue weighted by Gasteiger charge is 2.17. The van der Waals surface area contributed by atoms with Gasteiger partial charge >= 0.3 is 0 Å². The first-order chi connectivity index (χ1) is 10.2. The first-order valence-corrected chi connectivity index (χ1v) is 7.32. The fraction of sp³-hybridized carbons (Fsp3) is 0.125. The standard InChI is InChI=1S/C16H15FN2OS/c1-20-13-7-6-11(8-12(13)17)16(19-18)15-9-10-4-2-3-5-14(10)21-15/h2-9,16,19H,18H2,1H3. The van der Waals surface area contributed by atoms with Crippen molar-refractivity contribution in [1.29, 1.82) is 0 Å². The van der Waals surface area contributed by atoms with Gasteiger partial charge in [0.15, 0.2) is 11.6 Å². The minimum absolute atomic E-state index is 0.228. The van der Waals surface area contributed by atoms with E-state index in [2.05, 4.69) is 23.6 Å². The third kappa shape index (κ3) is 2.63. The van der Waals surface area contributed by atoms with Gasteiger partial charge in [-0.15, -0.1) is 11.3 Å². The van der Waals surface area contributed by atoms with Crippen molar-refractivity contribution in [3.63, 3.8) is 0 Å². The Morgan fingerprint density at radius 1 is 1.19 bits per heavy atom. The number of nitrogens with one attached hydrogen (secondary N) is 1. The molecule has 0 saturated heterocycles. The molecule has 108 valence electrons. The fourth-order valence-corrected chi connectivity index (χ4v) is 3.50. The van der Waals surface area contributed by atoms with Crippen molar-refractivity contribution in [1.82, 2.24) is 5.43 Å². The molecule has 1 atom stereocenters. The summed E-state index contributed by atoms with van der Waals surface area (Å²) in [5.41, 5.74) is 3.53. The van der Waals surface area contributed by atoms with Crippen LogP contribution in [0, 0.1) is 5.82 Å². The number of methoxy groups -OCH3 is 1. The topological polar surface area (TPSA) is 47.3 Å². The molecule has 0 aliphatic carbocycles. The van der Waals surface area contributed by atoms with Gasteiger partial charge in [0.25, 0.3) is 0 Å². The Hall–Kier alpha value is -1.95. The van der Waals surface area contributed by atoms with Gasteiger partial charge in [-0.2, -0.15) is 0 Å². The van der Waals surface area contributed by atoms with Gasteiger partial charge in [0.2, 0.25) is 0 Å². The Balaban J connectivity index is 2.03. The SMILES string of the molecule is COc1ccc(C(NN)c2cc3ccccc3s2)cc1F. The molecule has 0 amide bonds. The monoisotopic (exact) mass is 302 g/mol. The molecule has 0 spiro atoms. The molecule has 3 nitrogen and oxygen atoms in total. The molecule has 1 heterocycles. The molecule has 5 heteroatoms. The minimum Gasteiger partial charge on any atom is -0.494 e. The summed E-state index contributed by atoms with van der Waals surface area (Å²) in [5, 5.41) is 1.16. The van der Waals surface area contributed by atoms with Crippen LogP contribution in [-0.4, -0.2) is 7.11 Å². The van der Waals surface area contributed by atoms with Crippen molar-refractivity contribution in [2.45, 2.75) is 6.04 Å². The quantitative estimate of drug-likeness (QED) is 0.572. The van der Waals surface area contributed by atoms with Crippen molar-refractivity contribution in [3.05, 3.63) is 64.8 Å². The molecular weight excluding hydrogens is 287 g/mol. The van der Waals surface area contributed by atoms with Crippen LogP contribution in [0.4, 0.5) is 4.39 Å². The van der Waals surface area contributed by atoms with Gasteiger partial charge in [-0.25, -0.2) is 9.82 Å². The summed E-state index contributed by atoms with van der Waals surface area (Å²) in [6.45, 7) is 0. The maximum absolute atomic E-state index is 13.9. The highest BCUT2D eigenvalue weighted by Crippen LogP contribution is 2.33. The summed E-state index contributed by atoms with van der Waals surface area (Å²) >= 11 is 1.64. The zero-order valence-electron chi connectivity index (χ0n) is 11.5. The molecular formula is C16H15FN2OS. The lowest BCUT2D eigenvalue weighted by Crippen LogP contribution is -2.28. The van der Waals surface area contributed by atoms with Crippen LogP contribution in [0.3, 0.4) is 0 Å². The second kappa shape index (κ2) is 5.81. The number of benzene rings is 2. The van der Waals surface area contributed by atoms with E-state index in [1.54, 1.807) is 17.4 Å². The van der Waals surface area contributed by atoms with Crippen molar-refractivity contribution in [2.75, 3.05) is 7.11 Å². The predicted molar refractivity (Wildman–Crippen MR) is 83.9 cm³/mol. The largest absolute Gasteiger partial charge is 0.494 e. The van der Waals surface area contributed by atoms with Gasteiger partial charge in [-0.3, -0.25) is 5.84 Å². The number of thiophene rings is 1. The van der Waals surface area contributed by atoms with E-state index in [0.29, 0.717) is 0 Å². The van der Waals surface area contributed by atoms with Crippen LogP contribution in [0.15, 0.2) is 48.5 Å². The lowest BCUT2D eigenvalue weighted by atomic mass is 10.0. The minimum atomic E-state index is -0.392. The van der Waals surface area contributed by atoms with E-state index in [4.69, 9.17) is 10.6 Å². The Kier molecular flexibility index (Phi) is 3.88. The Labute approximate surface area is 126 Å². The molecule has 0 bridgehead atoms. The van der Waals surface area contributed by atoms with E-state index in [-0.39, 0.29) is 11.8 Å². The molecule has 2 aromatic carbocycles. The predicted octanol–water partition coefficient (Wildman–Crippen LogP) is 3.60. The van der Waals surface area contributed by atoms with E-state index in [0.717, 1.165) is 15.8 Å².